The maximum absolute atomic E-state index is 14.7. The quantitative estimate of drug-likeness (QED) is 0.225. The van der Waals surface area contributed by atoms with E-state index in [9.17, 15) is 24.5 Å². The second kappa shape index (κ2) is 15.8. The fourth-order valence-electron chi connectivity index (χ4n) is 5.60. The lowest BCUT2D eigenvalue weighted by Gasteiger charge is -2.39. The molecule has 232 valence electrons. The van der Waals surface area contributed by atoms with E-state index in [0.29, 0.717) is 60.7 Å². The Morgan fingerprint density at radius 1 is 1.05 bits per heavy atom. The van der Waals surface area contributed by atoms with Crippen LogP contribution in [0.1, 0.15) is 50.5 Å². The summed E-state index contributed by atoms with van der Waals surface area (Å²) in [5, 5.41) is 38.4. The molecule has 4 rings (SSSR count). The number of aliphatic hydroxyl groups excluding tert-OH is 4. The summed E-state index contributed by atoms with van der Waals surface area (Å²) in [5.74, 6) is 1.48. The summed E-state index contributed by atoms with van der Waals surface area (Å²) in [6.07, 6.45) is 5.08. The topological polar surface area (TPSA) is 139 Å². The Balaban J connectivity index is 1.08. The van der Waals surface area contributed by atoms with Gasteiger partial charge in [-0.1, -0.05) is 24.1 Å². The SMILES string of the molecule is O=C(Cc1ccc(OCCCC2CCN(c3ncc(Cl)cn3)CC2)cc1F)N1CC(CCC[C@H](O)[C@H](O)[C@H](O)CO)C1. The first-order valence-corrected chi connectivity index (χ1v) is 15.2. The number of aromatic nitrogens is 2. The van der Waals surface area contributed by atoms with Gasteiger partial charge in [0.05, 0.1) is 43.2 Å². The first kappa shape index (κ1) is 32.3. The van der Waals surface area contributed by atoms with Crippen LogP contribution in [0.4, 0.5) is 10.3 Å². The summed E-state index contributed by atoms with van der Waals surface area (Å²) < 4.78 is 20.5. The second-order valence-corrected chi connectivity index (χ2v) is 11.9. The summed E-state index contributed by atoms with van der Waals surface area (Å²) in [7, 11) is 0. The van der Waals surface area contributed by atoms with Crippen LogP contribution in [0.15, 0.2) is 30.6 Å². The van der Waals surface area contributed by atoms with Gasteiger partial charge in [0.2, 0.25) is 11.9 Å². The summed E-state index contributed by atoms with van der Waals surface area (Å²) >= 11 is 5.87. The van der Waals surface area contributed by atoms with Gasteiger partial charge in [-0.15, -0.1) is 0 Å². The molecule has 2 aromatic rings. The van der Waals surface area contributed by atoms with E-state index in [-0.39, 0.29) is 18.2 Å². The van der Waals surface area contributed by atoms with E-state index in [2.05, 4.69) is 14.9 Å². The summed E-state index contributed by atoms with van der Waals surface area (Å²) in [5.41, 5.74) is 0.340. The van der Waals surface area contributed by atoms with Crippen LogP contribution in [0.3, 0.4) is 0 Å². The smallest absolute Gasteiger partial charge is 0.227 e. The largest absolute Gasteiger partial charge is 0.493 e. The number of nitrogens with zero attached hydrogens (tertiary/aromatic N) is 4. The number of carbonyl (C=O) groups excluding carboxylic acids is 1. The molecule has 0 spiro atoms. The average Bonchev–Trinajstić information content (AvgIpc) is 2.97. The lowest BCUT2D eigenvalue weighted by Crippen LogP contribution is -2.50. The van der Waals surface area contributed by atoms with Gasteiger partial charge in [0.15, 0.2) is 0 Å². The molecule has 2 saturated heterocycles. The Morgan fingerprint density at radius 3 is 2.40 bits per heavy atom. The third-order valence-corrected chi connectivity index (χ3v) is 8.49. The minimum absolute atomic E-state index is 0.0114. The number of aliphatic hydroxyl groups is 4. The number of hydrogen-bond acceptors (Lipinski definition) is 9. The number of ether oxygens (including phenoxy) is 1. The Morgan fingerprint density at radius 2 is 1.74 bits per heavy atom. The van der Waals surface area contributed by atoms with E-state index in [0.717, 1.165) is 45.2 Å². The van der Waals surface area contributed by atoms with Crippen molar-refractivity contribution in [3.8, 4) is 5.75 Å². The Labute approximate surface area is 251 Å². The third kappa shape index (κ3) is 9.21. The van der Waals surface area contributed by atoms with Crippen molar-refractivity contribution in [1.82, 2.24) is 14.9 Å². The molecular formula is C30H42ClFN4O6. The molecule has 0 bridgehead atoms. The maximum atomic E-state index is 14.7. The van der Waals surface area contributed by atoms with Crippen LogP contribution in [0.25, 0.3) is 0 Å². The molecule has 0 saturated carbocycles. The van der Waals surface area contributed by atoms with Gasteiger partial charge in [-0.05, 0) is 62.0 Å². The minimum Gasteiger partial charge on any atom is -0.493 e. The van der Waals surface area contributed by atoms with Crippen molar-refractivity contribution in [3.63, 3.8) is 0 Å². The van der Waals surface area contributed by atoms with Gasteiger partial charge in [-0.25, -0.2) is 14.4 Å². The van der Waals surface area contributed by atoms with Crippen LogP contribution < -0.4 is 9.64 Å². The fraction of sp³-hybridized carbons (Fsp3) is 0.633. The van der Waals surface area contributed by atoms with Crippen molar-refractivity contribution in [3.05, 3.63) is 47.0 Å². The predicted octanol–water partition coefficient (Wildman–Crippen LogP) is 2.59. The molecule has 4 N–H and O–H groups in total. The molecule has 0 unspecified atom stereocenters. The second-order valence-electron chi connectivity index (χ2n) is 11.5. The van der Waals surface area contributed by atoms with Crippen LogP contribution in [-0.4, -0.2) is 98.9 Å². The van der Waals surface area contributed by atoms with E-state index in [1.165, 1.54) is 6.07 Å². The molecule has 2 aliphatic rings. The first-order valence-electron chi connectivity index (χ1n) is 14.8. The molecule has 1 aromatic carbocycles. The number of anilines is 1. The van der Waals surface area contributed by atoms with Crippen molar-refractivity contribution in [2.45, 2.75) is 69.7 Å². The predicted molar refractivity (Wildman–Crippen MR) is 156 cm³/mol. The number of rotatable bonds is 15. The van der Waals surface area contributed by atoms with Gasteiger partial charge in [0.25, 0.3) is 0 Å². The molecule has 42 heavy (non-hydrogen) atoms. The lowest BCUT2D eigenvalue weighted by molar-refractivity contribution is -0.137. The van der Waals surface area contributed by atoms with Crippen LogP contribution in [0, 0.1) is 17.7 Å². The number of likely N-dealkylation sites (tertiary alicyclic amines) is 1. The Bertz CT molecular complexity index is 1130. The Kier molecular flexibility index (Phi) is 12.1. The first-order chi connectivity index (χ1) is 20.2. The summed E-state index contributed by atoms with van der Waals surface area (Å²) in [6, 6.07) is 4.67. The average molecular weight is 609 g/mol. The molecule has 10 nitrogen and oxygen atoms in total. The van der Waals surface area contributed by atoms with Crippen molar-refractivity contribution in [1.29, 1.82) is 0 Å². The fourth-order valence-corrected chi connectivity index (χ4v) is 5.69. The standard InChI is InChI=1S/C30H42ClFN4O6/c31-23-15-33-30(34-16-23)35-10-8-20(9-11-35)4-2-12-42-24-7-6-22(25(32)14-24)13-28(40)36-17-21(18-36)3-1-5-26(38)29(41)27(39)19-37/h6-7,14-16,20-21,26-27,29,37-39,41H,1-5,8-13,17-19H2/t26-,27+,29-/m0/s1. The number of benzene rings is 1. The highest BCUT2D eigenvalue weighted by Gasteiger charge is 2.31. The summed E-state index contributed by atoms with van der Waals surface area (Å²) in [6.45, 7) is 2.86. The zero-order valence-corrected chi connectivity index (χ0v) is 24.6. The van der Waals surface area contributed by atoms with Crippen LogP contribution in [-0.2, 0) is 11.2 Å². The molecule has 12 heteroatoms. The maximum Gasteiger partial charge on any atom is 0.227 e. The third-order valence-electron chi connectivity index (χ3n) is 8.29. The number of amides is 1. The molecule has 0 radical (unpaired) electrons. The molecule has 3 heterocycles. The van der Waals surface area contributed by atoms with Gasteiger partial charge >= 0.3 is 0 Å². The van der Waals surface area contributed by atoms with Gasteiger partial charge in [0, 0.05) is 32.2 Å². The minimum atomic E-state index is -1.38. The molecule has 2 fully saturated rings. The number of hydrogen-bond donors (Lipinski definition) is 4. The van der Waals surface area contributed by atoms with Gasteiger partial charge in [-0.3, -0.25) is 4.79 Å². The summed E-state index contributed by atoms with van der Waals surface area (Å²) in [4.78, 5) is 25.1. The van der Waals surface area contributed by atoms with Crippen LogP contribution in [0.5, 0.6) is 5.75 Å². The van der Waals surface area contributed by atoms with Crippen molar-refractivity contribution >= 4 is 23.5 Å². The van der Waals surface area contributed by atoms with Gasteiger partial charge < -0.3 is 35.0 Å². The number of halogens is 2. The van der Waals surface area contributed by atoms with Crippen LogP contribution >= 0.6 is 11.6 Å². The van der Waals surface area contributed by atoms with Crippen LogP contribution in [0.2, 0.25) is 5.02 Å². The Hall–Kier alpha value is -2.57. The highest BCUT2D eigenvalue weighted by Crippen LogP contribution is 2.26. The molecule has 1 amide bonds. The zero-order valence-electron chi connectivity index (χ0n) is 23.8. The van der Waals surface area contributed by atoms with E-state index in [4.69, 9.17) is 21.4 Å². The van der Waals surface area contributed by atoms with Crippen molar-refractivity contribution < 1.29 is 34.3 Å². The molecule has 3 atom stereocenters. The van der Waals surface area contributed by atoms with Crippen molar-refractivity contribution in [2.75, 3.05) is 44.3 Å². The van der Waals surface area contributed by atoms with Gasteiger partial charge in [0.1, 0.15) is 23.8 Å². The van der Waals surface area contributed by atoms with E-state index in [1.807, 2.05) is 0 Å². The normalized spacial score (nSPS) is 18.4. The van der Waals surface area contributed by atoms with Crippen molar-refractivity contribution in [2.24, 2.45) is 11.8 Å². The highest BCUT2D eigenvalue weighted by molar-refractivity contribution is 6.30. The lowest BCUT2D eigenvalue weighted by atomic mass is 9.91. The number of piperidine rings is 1. The van der Waals surface area contributed by atoms with Gasteiger partial charge in [-0.2, -0.15) is 0 Å². The van der Waals surface area contributed by atoms with E-state index >= 15 is 0 Å². The highest BCUT2D eigenvalue weighted by atomic mass is 35.5. The monoisotopic (exact) mass is 608 g/mol. The molecule has 2 aliphatic heterocycles. The molecular weight excluding hydrogens is 567 g/mol. The number of carbonyl (C=O) groups is 1. The molecule has 0 aliphatic carbocycles. The zero-order chi connectivity index (χ0) is 30.1. The van der Waals surface area contributed by atoms with E-state index < -0.39 is 30.7 Å². The van der Waals surface area contributed by atoms with E-state index in [1.54, 1.807) is 29.4 Å². The molecule has 1 aromatic heterocycles.